The van der Waals surface area contributed by atoms with Gasteiger partial charge in [-0.3, -0.25) is 0 Å². The van der Waals surface area contributed by atoms with Crippen molar-refractivity contribution >= 4 is 11.7 Å². The van der Waals surface area contributed by atoms with Gasteiger partial charge in [0.1, 0.15) is 6.07 Å². The molecule has 5 nitrogen and oxygen atoms in total. The van der Waals surface area contributed by atoms with Crippen LogP contribution in [0.3, 0.4) is 0 Å². The van der Waals surface area contributed by atoms with Crippen LogP contribution in [0.15, 0.2) is 18.2 Å². The molecule has 1 aliphatic rings. The molecule has 0 bridgehead atoms. The summed E-state index contributed by atoms with van der Waals surface area (Å²) in [6.45, 7) is 2.47. The van der Waals surface area contributed by atoms with Crippen LogP contribution in [0.2, 0.25) is 0 Å². The normalized spacial score (nSPS) is 21.9. The summed E-state index contributed by atoms with van der Waals surface area (Å²) in [5.74, 6) is -0.907. The molecule has 2 unspecified atom stereocenters. The van der Waals surface area contributed by atoms with Crippen LogP contribution in [0.25, 0.3) is 0 Å². The van der Waals surface area contributed by atoms with E-state index >= 15 is 0 Å². The van der Waals surface area contributed by atoms with Crippen LogP contribution < -0.4 is 5.32 Å². The monoisotopic (exact) mass is 260 g/mol. The molecule has 2 atom stereocenters. The van der Waals surface area contributed by atoms with Crippen molar-refractivity contribution in [3.8, 4) is 6.07 Å². The van der Waals surface area contributed by atoms with E-state index in [1.54, 1.807) is 6.07 Å². The second-order valence-corrected chi connectivity index (χ2v) is 4.70. The molecule has 1 aromatic rings. The summed E-state index contributed by atoms with van der Waals surface area (Å²) in [7, 11) is 0. The zero-order valence-electron chi connectivity index (χ0n) is 10.7. The Morgan fingerprint density at radius 1 is 1.58 bits per heavy atom. The lowest BCUT2D eigenvalue weighted by Crippen LogP contribution is -2.24. The Morgan fingerprint density at radius 3 is 3.00 bits per heavy atom. The van der Waals surface area contributed by atoms with Crippen molar-refractivity contribution < 1.29 is 14.6 Å². The zero-order valence-corrected chi connectivity index (χ0v) is 10.7. The SMILES string of the molecule is Cc1ccc(C#N)c(NCC2CCC(C(=O)O)O2)c1. The molecular formula is C14H16N2O3. The lowest BCUT2D eigenvalue weighted by molar-refractivity contribution is -0.149. The summed E-state index contributed by atoms with van der Waals surface area (Å²) in [6, 6.07) is 7.69. The summed E-state index contributed by atoms with van der Waals surface area (Å²) in [5.41, 5.74) is 2.42. The molecule has 0 amide bonds. The Kier molecular flexibility index (Phi) is 4.03. The molecule has 0 saturated carbocycles. The standard InChI is InChI=1S/C14H16N2O3/c1-9-2-3-10(7-15)12(6-9)16-8-11-4-5-13(19-11)14(17)18/h2-3,6,11,13,16H,4-5,8H2,1H3,(H,17,18). The number of ether oxygens (including phenoxy) is 1. The highest BCUT2D eigenvalue weighted by atomic mass is 16.5. The zero-order chi connectivity index (χ0) is 13.8. The smallest absolute Gasteiger partial charge is 0.332 e. The number of nitrogens with one attached hydrogen (secondary N) is 1. The third kappa shape index (κ3) is 3.24. The Labute approximate surface area is 111 Å². The third-order valence-corrected chi connectivity index (χ3v) is 3.20. The average Bonchev–Trinajstić information content (AvgIpc) is 2.85. The van der Waals surface area contributed by atoms with Gasteiger partial charge in [0, 0.05) is 6.54 Å². The number of carboxylic acids is 1. The maximum Gasteiger partial charge on any atom is 0.332 e. The number of nitriles is 1. The number of carbonyl (C=O) groups is 1. The van der Waals surface area contributed by atoms with Crippen molar-refractivity contribution in [1.82, 2.24) is 0 Å². The van der Waals surface area contributed by atoms with E-state index in [1.807, 2.05) is 19.1 Å². The van der Waals surface area contributed by atoms with Gasteiger partial charge in [-0.1, -0.05) is 6.07 Å². The fraction of sp³-hybridized carbons (Fsp3) is 0.429. The molecule has 0 aromatic heterocycles. The summed E-state index contributed by atoms with van der Waals surface area (Å²) < 4.78 is 5.40. The van der Waals surface area contributed by atoms with E-state index in [1.165, 1.54) is 0 Å². The van der Waals surface area contributed by atoms with Gasteiger partial charge >= 0.3 is 5.97 Å². The summed E-state index contributed by atoms with van der Waals surface area (Å²) in [5, 5.41) is 21.0. The highest BCUT2D eigenvalue weighted by Crippen LogP contribution is 2.22. The van der Waals surface area contributed by atoms with Gasteiger partial charge in [-0.25, -0.2) is 4.79 Å². The molecule has 1 fully saturated rings. The molecule has 1 saturated heterocycles. The second kappa shape index (κ2) is 5.72. The van der Waals surface area contributed by atoms with Gasteiger partial charge < -0.3 is 15.2 Å². The number of carboxylic acid groups (broad SMARTS) is 1. The molecule has 0 spiro atoms. The molecule has 100 valence electrons. The summed E-state index contributed by atoms with van der Waals surface area (Å²) >= 11 is 0. The largest absolute Gasteiger partial charge is 0.479 e. The van der Waals surface area contributed by atoms with Gasteiger partial charge in [-0.15, -0.1) is 0 Å². The first-order valence-electron chi connectivity index (χ1n) is 6.23. The summed E-state index contributed by atoms with van der Waals surface area (Å²) in [6.07, 6.45) is 0.450. The number of hydrogen-bond donors (Lipinski definition) is 2. The highest BCUT2D eigenvalue weighted by Gasteiger charge is 2.30. The van der Waals surface area contributed by atoms with E-state index in [0.717, 1.165) is 17.7 Å². The fourth-order valence-corrected chi connectivity index (χ4v) is 2.16. The van der Waals surface area contributed by atoms with Crippen LogP contribution in [0, 0.1) is 18.3 Å². The predicted octanol–water partition coefficient (Wildman–Crippen LogP) is 1.91. The third-order valence-electron chi connectivity index (χ3n) is 3.20. The van der Waals surface area contributed by atoms with Gasteiger partial charge in [0.05, 0.1) is 17.4 Å². The minimum Gasteiger partial charge on any atom is -0.479 e. The Morgan fingerprint density at radius 2 is 2.37 bits per heavy atom. The van der Waals surface area contributed by atoms with Crippen LogP contribution in [0.5, 0.6) is 0 Å². The number of aliphatic carboxylic acids is 1. The maximum absolute atomic E-state index is 10.8. The first-order valence-corrected chi connectivity index (χ1v) is 6.23. The fourth-order valence-electron chi connectivity index (χ4n) is 2.16. The van der Waals surface area contributed by atoms with Crippen LogP contribution >= 0.6 is 0 Å². The van der Waals surface area contributed by atoms with E-state index in [4.69, 9.17) is 15.1 Å². The van der Waals surface area contributed by atoms with Crippen LogP contribution in [0.4, 0.5) is 5.69 Å². The van der Waals surface area contributed by atoms with Crippen molar-refractivity contribution in [2.24, 2.45) is 0 Å². The number of anilines is 1. The molecule has 2 N–H and O–H groups in total. The van der Waals surface area contributed by atoms with E-state index in [9.17, 15) is 4.79 Å². The lowest BCUT2D eigenvalue weighted by Gasteiger charge is -2.14. The summed E-state index contributed by atoms with van der Waals surface area (Å²) in [4.78, 5) is 10.8. The number of nitrogens with zero attached hydrogens (tertiary/aromatic N) is 1. The van der Waals surface area contributed by atoms with Gasteiger partial charge in [0.15, 0.2) is 6.10 Å². The number of aryl methyl sites for hydroxylation is 1. The van der Waals surface area contributed by atoms with E-state index in [-0.39, 0.29) is 6.10 Å². The molecule has 1 aliphatic heterocycles. The van der Waals surface area contributed by atoms with Crippen LogP contribution in [-0.2, 0) is 9.53 Å². The Bertz CT molecular complexity index is 522. The molecule has 1 aromatic carbocycles. The lowest BCUT2D eigenvalue weighted by atomic mass is 10.1. The van der Waals surface area contributed by atoms with Crippen molar-refractivity contribution in [2.75, 3.05) is 11.9 Å². The van der Waals surface area contributed by atoms with Crippen molar-refractivity contribution in [3.63, 3.8) is 0 Å². The minimum absolute atomic E-state index is 0.117. The Hall–Kier alpha value is -2.06. The van der Waals surface area contributed by atoms with Crippen molar-refractivity contribution in [3.05, 3.63) is 29.3 Å². The van der Waals surface area contributed by atoms with Crippen molar-refractivity contribution in [2.45, 2.75) is 32.0 Å². The van der Waals surface area contributed by atoms with Gasteiger partial charge in [-0.2, -0.15) is 5.26 Å². The highest BCUT2D eigenvalue weighted by molar-refractivity contribution is 5.72. The van der Waals surface area contributed by atoms with Crippen LogP contribution in [0.1, 0.15) is 24.0 Å². The molecule has 2 rings (SSSR count). The predicted molar refractivity (Wildman–Crippen MR) is 69.9 cm³/mol. The van der Waals surface area contributed by atoms with E-state index in [0.29, 0.717) is 18.5 Å². The molecule has 5 heteroatoms. The molecule has 1 heterocycles. The molecule has 0 aliphatic carbocycles. The average molecular weight is 260 g/mol. The minimum atomic E-state index is -0.907. The number of rotatable bonds is 4. The number of benzene rings is 1. The van der Waals surface area contributed by atoms with Crippen molar-refractivity contribution in [1.29, 1.82) is 5.26 Å². The van der Waals surface area contributed by atoms with Gasteiger partial charge in [0.25, 0.3) is 0 Å². The first kappa shape index (κ1) is 13.4. The first-order chi connectivity index (χ1) is 9.10. The van der Waals surface area contributed by atoms with Crippen LogP contribution in [-0.4, -0.2) is 29.8 Å². The van der Waals surface area contributed by atoms with E-state index in [2.05, 4.69) is 11.4 Å². The molecular weight excluding hydrogens is 244 g/mol. The quantitative estimate of drug-likeness (QED) is 0.864. The molecule has 19 heavy (non-hydrogen) atoms. The van der Waals surface area contributed by atoms with E-state index < -0.39 is 12.1 Å². The topological polar surface area (TPSA) is 82.4 Å². The number of hydrogen-bond acceptors (Lipinski definition) is 4. The maximum atomic E-state index is 10.8. The van der Waals surface area contributed by atoms with Gasteiger partial charge in [0.2, 0.25) is 0 Å². The Balaban J connectivity index is 1.95. The van der Waals surface area contributed by atoms with Gasteiger partial charge in [-0.05, 0) is 37.5 Å². The molecule has 0 radical (unpaired) electrons. The second-order valence-electron chi connectivity index (χ2n) is 4.70.